The number of aryl methyl sites for hydroxylation is 1. The van der Waals surface area contributed by atoms with Gasteiger partial charge in [0.25, 0.3) is 0 Å². The molecule has 2 fully saturated rings. The van der Waals surface area contributed by atoms with Crippen molar-refractivity contribution in [2.75, 3.05) is 18.0 Å². The van der Waals surface area contributed by atoms with Crippen molar-refractivity contribution in [1.82, 2.24) is 29.6 Å². The maximum Gasteiger partial charge on any atom is 0.225 e. The van der Waals surface area contributed by atoms with Crippen LogP contribution in [0.1, 0.15) is 54.4 Å². The monoisotopic (exact) mass is 435 g/mol. The van der Waals surface area contributed by atoms with Gasteiger partial charge in [-0.3, -0.25) is 9.47 Å². The molecule has 1 aliphatic carbocycles. The first-order valence-electron chi connectivity index (χ1n) is 11.2. The fourth-order valence-electron chi connectivity index (χ4n) is 4.90. The number of hydrogen-bond donors (Lipinski definition) is 0. The maximum atomic E-state index is 6.37. The van der Waals surface area contributed by atoms with Gasteiger partial charge in [-0.25, -0.2) is 9.97 Å². The standard InChI is InChI=1S/C23H26ClN7/c1-15-11-25-23(26-12-15)29-8-6-16(7-9-29)22-28-27-21-14-30(19-3-4-19)13-17-10-18(24)2-5-20(17)31(21)22/h2,5,10-12,16,19H,3-4,6-9,13-14H2,1H3. The third kappa shape index (κ3) is 3.59. The normalized spacial score (nSPS) is 19.7. The maximum absolute atomic E-state index is 6.37. The molecule has 1 saturated heterocycles. The average molecular weight is 436 g/mol. The highest BCUT2D eigenvalue weighted by Gasteiger charge is 2.35. The van der Waals surface area contributed by atoms with E-state index >= 15 is 0 Å². The van der Waals surface area contributed by atoms with E-state index < -0.39 is 0 Å². The molecule has 2 aromatic heterocycles. The zero-order chi connectivity index (χ0) is 20.9. The Labute approximate surface area is 187 Å². The first-order valence-corrected chi connectivity index (χ1v) is 11.5. The molecule has 160 valence electrons. The molecule has 0 N–H and O–H groups in total. The fourth-order valence-corrected chi connectivity index (χ4v) is 5.09. The summed E-state index contributed by atoms with van der Waals surface area (Å²) in [5.74, 6) is 3.33. The topological polar surface area (TPSA) is 63.0 Å². The second kappa shape index (κ2) is 7.57. The van der Waals surface area contributed by atoms with Crippen LogP contribution in [0.15, 0.2) is 30.6 Å². The van der Waals surface area contributed by atoms with Crippen LogP contribution < -0.4 is 4.90 Å². The lowest BCUT2D eigenvalue weighted by Crippen LogP contribution is -2.34. The van der Waals surface area contributed by atoms with Crippen molar-refractivity contribution in [2.45, 2.75) is 57.7 Å². The lowest BCUT2D eigenvalue weighted by molar-refractivity contribution is 0.243. The van der Waals surface area contributed by atoms with Crippen molar-refractivity contribution in [2.24, 2.45) is 0 Å². The summed E-state index contributed by atoms with van der Waals surface area (Å²) in [7, 11) is 0. The van der Waals surface area contributed by atoms with Crippen molar-refractivity contribution in [3.63, 3.8) is 0 Å². The smallest absolute Gasteiger partial charge is 0.225 e. The lowest BCUT2D eigenvalue weighted by atomic mass is 9.95. The minimum absolute atomic E-state index is 0.374. The SMILES string of the molecule is Cc1cnc(N2CCC(c3nnc4n3-c3ccc(Cl)cc3CN(C3CC3)C4)CC2)nc1. The highest BCUT2D eigenvalue weighted by Crippen LogP contribution is 2.37. The molecule has 31 heavy (non-hydrogen) atoms. The number of halogens is 1. The van der Waals surface area contributed by atoms with E-state index in [0.29, 0.717) is 12.0 Å². The first kappa shape index (κ1) is 19.2. The van der Waals surface area contributed by atoms with Crippen LogP contribution >= 0.6 is 11.6 Å². The largest absolute Gasteiger partial charge is 0.341 e. The van der Waals surface area contributed by atoms with Gasteiger partial charge in [-0.2, -0.15) is 0 Å². The van der Waals surface area contributed by atoms with Crippen LogP contribution in [-0.2, 0) is 13.1 Å². The molecule has 7 nitrogen and oxygen atoms in total. The van der Waals surface area contributed by atoms with Crippen molar-refractivity contribution >= 4 is 17.5 Å². The number of hydrogen-bond acceptors (Lipinski definition) is 6. The van der Waals surface area contributed by atoms with Gasteiger partial charge in [0.15, 0.2) is 5.82 Å². The van der Waals surface area contributed by atoms with Gasteiger partial charge < -0.3 is 4.90 Å². The summed E-state index contributed by atoms with van der Waals surface area (Å²) in [6.45, 7) is 5.64. The van der Waals surface area contributed by atoms with Crippen LogP contribution in [0.2, 0.25) is 5.02 Å². The molecule has 4 heterocycles. The Bertz CT molecular complexity index is 1100. The highest BCUT2D eigenvalue weighted by atomic mass is 35.5. The minimum Gasteiger partial charge on any atom is -0.341 e. The molecular weight excluding hydrogens is 410 g/mol. The number of piperidine rings is 1. The average Bonchev–Trinajstić information content (AvgIpc) is 3.57. The van der Waals surface area contributed by atoms with Crippen molar-refractivity contribution in [3.8, 4) is 5.69 Å². The van der Waals surface area contributed by atoms with Gasteiger partial charge in [0.05, 0.1) is 12.2 Å². The lowest BCUT2D eigenvalue weighted by Gasteiger charge is -2.31. The van der Waals surface area contributed by atoms with Gasteiger partial charge in [0.2, 0.25) is 5.95 Å². The van der Waals surface area contributed by atoms with Gasteiger partial charge in [-0.1, -0.05) is 11.6 Å². The van der Waals surface area contributed by atoms with Crippen molar-refractivity contribution in [3.05, 3.63) is 58.4 Å². The van der Waals surface area contributed by atoms with Crippen LogP contribution in [0.25, 0.3) is 5.69 Å². The van der Waals surface area contributed by atoms with Crippen LogP contribution in [0, 0.1) is 6.92 Å². The molecule has 0 amide bonds. The van der Waals surface area contributed by atoms with Crippen LogP contribution in [-0.4, -0.2) is 48.8 Å². The van der Waals surface area contributed by atoms with Gasteiger partial charge in [0.1, 0.15) is 5.82 Å². The molecule has 0 unspecified atom stereocenters. The van der Waals surface area contributed by atoms with Gasteiger partial charge in [0, 0.05) is 49.0 Å². The van der Waals surface area contributed by atoms with Crippen molar-refractivity contribution in [1.29, 1.82) is 0 Å². The van der Waals surface area contributed by atoms with E-state index in [1.165, 1.54) is 24.1 Å². The summed E-state index contributed by atoms with van der Waals surface area (Å²) >= 11 is 6.37. The number of aromatic nitrogens is 5. The number of benzene rings is 1. The zero-order valence-corrected chi connectivity index (χ0v) is 18.5. The molecule has 3 aromatic rings. The number of fused-ring (bicyclic) bond motifs is 3. The zero-order valence-electron chi connectivity index (χ0n) is 17.7. The Kier molecular flexibility index (Phi) is 4.69. The van der Waals surface area contributed by atoms with E-state index in [9.17, 15) is 0 Å². The van der Waals surface area contributed by atoms with E-state index in [0.717, 1.165) is 67.2 Å². The Balaban J connectivity index is 1.30. The Morgan fingerprint density at radius 2 is 1.74 bits per heavy atom. The van der Waals surface area contributed by atoms with E-state index in [-0.39, 0.29) is 0 Å². The van der Waals surface area contributed by atoms with E-state index in [1.807, 2.05) is 25.4 Å². The van der Waals surface area contributed by atoms with Crippen molar-refractivity contribution < 1.29 is 0 Å². The summed E-state index contributed by atoms with van der Waals surface area (Å²) < 4.78 is 2.32. The first-order chi connectivity index (χ1) is 15.2. The molecule has 0 atom stereocenters. The summed E-state index contributed by atoms with van der Waals surface area (Å²) in [4.78, 5) is 13.8. The molecule has 3 aliphatic rings. The van der Waals surface area contributed by atoms with Crippen LogP contribution in [0.3, 0.4) is 0 Å². The van der Waals surface area contributed by atoms with E-state index in [2.05, 4.69) is 41.6 Å². The predicted molar refractivity (Wildman–Crippen MR) is 120 cm³/mol. The molecule has 6 rings (SSSR count). The molecule has 0 spiro atoms. The summed E-state index contributed by atoms with van der Waals surface area (Å²) in [5.41, 5.74) is 3.54. The fraction of sp³-hybridized carbons (Fsp3) is 0.478. The minimum atomic E-state index is 0.374. The second-order valence-electron chi connectivity index (χ2n) is 9.04. The summed E-state index contributed by atoms with van der Waals surface area (Å²) in [6.07, 6.45) is 8.36. The number of nitrogens with zero attached hydrogens (tertiary/aromatic N) is 7. The Morgan fingerprint density at radius 3 is 2.48 bits per heavy atom. The van der Waals surface area contributed by atoms with Gasteiger partial charge in [-0.05, 0) is 61.9 Å². The van der Waals surface area contributed by atoms with Crippen LogP contribution in [0.4, 0.5) is 5.95 Å². The Hall–Kier alpha value is -2.51. The molecule has 2 aliphatic heterocycles. The summed E-state index contributed by atoms with van der Waals surface area (Å²) in [6, 6.07) is 6.90. The van der Waals surface area contributed by atoms with E-state index in [4.69, 9.17) is 16.7 Å². The molecule has 1 aromatic carbocycles. The molecule has 8 heteroatoms. The highest BCUT2D eigenvalue weighted by molar-refractivity contribution is 6.30. The third-order valence-electron chi connectivity index (χ3n) is 6.73. The second-order valence-corrected chi connectivity index (χ2v) is 9.48. The number of anilines is 1. The van der Waals surface area contributed by atoms with Gasteiger partial charge in [-0.15, -0.1) is 10.2 Å². The molecule has 0 radical (unpaired) electrons. The van der Waals surface area contributed by atoms with Gasteiger partial charge >= 0.3 is 0 Å². The number of rotatable bonds is 3. The Morgan fingerprint density at radius 1 is 0.968 bits per heavy atom. The van der Waals surface area contributed by atoms with E-state index in [1.54, 1.807) is 0 Å². The molecule has 0 bridgehead atoms. The van der Waals surface area contributed by atoms with Crippen LogP contribution in [0.5, 0.6) is 0 Å². The summed E-state index contributed by atoms with van der Waals surface area (Å²) in [5, 5.41) is 10.2. The third-order valence-corrected chi connectivity index (χ3v) is 6.96. The predicted octanol–water partition coefficient (Wildman–Crippen LogP) is 3.88. The molecule has 1 saturated carbocycles. The quantitative estimate of drug-likeness (QED) is 0.622. The molecular formula is C23H26ClN7.